The molecule has 0 spiro atoms. The van der Waals surface area contributed by atoms with E-state index in [0.29, 0.717) is 5.69 Å². The molecule has 0 amide bonds. The van der Waals surface area contributed by atoms with Gasteiger partial charge in [-0.2, -0.15) is 5.10 Å². The van der Waals surface area contributed by atoms with Crippen molar-refractivity contribution >= 4 is 24.8 Å². The number of aromatic hydroxyl groups is 1. The molecule has 1 N–H and O–H groups in total. The predicted octanol–water partition coefficient (Wildman–Crippen LogP) is 1.21. The summed E-state index contributed by atoms with van der Waals surface area (Å²) in [4.78, 5) is 7.57. The van der Waals surface area contributed by atoms with Gasteiger partial charge >= 0.3 is 0 Å². The van der Waals surface area contributed by atoms with Crippen molar-refractivity contribution in [2.45, 2.75) is 0 Å². The van der Waals surface area contributed by atoms with Crippen molar-refractivity contribution < 1.29 is 5.11 Å². The molecule has 2 aromatic rings. The molecule has 0 atom stereocenters. The molecular formula is C7H8Cl2N4O. The molecule has 0 aliphatic rings. The third-order valence-electron chi connectivity index (χ3n) is 1.39. The Morgan fingerprint density at radius 2 is 1.93 bits per heavy atom. The molecule has 2 aromatic heterocycles. The lowest BCUT2D eigenvalue weighted by Gasteiger charge is -1.98. The molecule has 0 fully saturated rings. The summed E-state index contributed by atoms with van der Waals surface area (Å²) in [7, 11) is 0. The van der Waals surface area contributed by atoms with E-state index in [4.69, 9.17) is 5.11 Å². The van der Waals surface area contributed by atoms with Gasteiger partial charge in [0.2, 0.25) is 0 Å². The Kier molecular flexibility index (Phi) is 4.90. The van der Waals surface area contributed by atoms with Crippen LogP contribution < -0.4 is 0 Å². The summed E-state index contributed by atoms with van der Waals surface area (Å²) in [5.41, 5.74) is 0.688. The number of pyridine rings is 1. The first-order chi connectivity index (χ1) is 5.86. The molecule has 0 aromatic carbocycles. The van der Waals surface area contributed by atoms with E-state index < -0.39 is 0 Å². The molecule has 5 nitrogen and oxygen atoms in total. The first-order valence-electron chi connectivity index (χ1n) is 3.35. The van der Waals surface area contributed by atoms with Crippen molar-refractivity contribution in [3.63, 3.8) is 0 Å². The Bertz CT molecular complexity index is 379. The van der Waals surface area contributed by atoms with Gasteiger partial charge in [-0.1, -0.05) is 0 Å². The highest BCUT2D eigenvalue weighted by Gasteiger charge is 1.97. The van der Waals surface area contributed by atoms with Crippen molar-refractivity contribution in [1.82, 2.24) is 19.7 Å². The summed E-state index contributed by atoms with van der Waals surface area (Å²) >= 11 is 0. The van der Waals surface area contributed by atoms with E-state index in [1.165, 1.54) is 23.5 Å². The van der Waals surface area contributed by atoms with Crippen LogP contribution in [0.25, 0.3) is 5.69 Å². The van der Waals surface area contributed by atoms with Gasteiger partial charge in [0, 0.05) is 6.07 Å². The molecule has 76 valence electrons. The van der Waals surface area contributed by atoms with E-state index in [1.807, 2.05) is 0 Å². The highest BCUT2D eigenvalue weighted by molar-refractivity contribution is 5.85. The van der Waals surface area contributed by atoms with Gasteiger partial charge in [0.15, 0.2) is 0 Å². The Labute approximate surface area is 92.6 Å². The number of rotatable bonds is 1. The molecule has 0 aliphatic carbocycles. The monoisotopic (exact) mass is 234 g/mol. The van der Waals surface area contributed by atoms with Crippen molar-refractivity contribution in [1.29, 1.82) is 0 Å². The van der Waals surface area contributed by atoms with Crippen molar-refractivity contribution in [3.05, 3.63) is 31.1 Å². The largest absolute Gasteiger partial charge is 0.506 e. The van der Waals surface area contributed by atoms with E-state index in [1.54, 1.807) is 12.3 Å². The van der Waals surface area contributed by atoms with Crippen LogP contribution in [0.5, 0.6) is 5.75 Å². The van der Waals surface area contributed by atoms with Gasteiger partial charge in [0.25, 0.3) is 0 Å². The maximum absolute atomic E-state index is 9.09. The minimum atomic E-state index is 0. The second-order valence-corrected chi connectivity index (χ2v) is 2.24. The zero-order chi connectivity index (χ0) is 8.39. The molecule has 0 unspecified atom stereocenters. The van der Waals surface area contributed by atoms with E-state index >= 15 is 0 Å². The van der Waals surface area contributed by atoms with Gasteiger partial charge in [0.1, 0.15) is 18.4 Å². The van der Waals surface area contributed by atoms with Crippen molar-refractivity contribution in [3.8, 4) is 11.4 Å². The SMILES string of the molecule is Cl.Cl.Oc1cncc(-n2cncn2)c1. The fourth-order valence-corrected chi connectivity index (χ4v) is 0.883. The minimum absolute atomic E-state index is 0. The first kappa shape index (κ1) is 12.7. The number of halogens is 2. The average molecular weight is 235 g/mol. The van der Waals surface area contributed by atoms with E-state index in [-0.39, 0.29) is 30.6 Å². The van der Waals surface area contributed by atoms with Crippen LogP contribution in [-0.2, 0) is 0 Å². The lowest BCUT2D eigenvalue weighted by atomic mass is 10.4. The molecule has 14 heavy (non-hydrogen) atoms. The second-order valence-electron chi connectivity index (χ2n) is 2.24. The van der Waals surface area contributed by atoms with Gasteiger partial charge in [-0.15, -0.1) is 24.8 Å². The Morgan fingerprint density at radius 1 is 1.14 bits per heavy atom. The van der Waals surface area contributed by atoms with Crippen molar-refractivity contribution in [2.75, 3.05) is 0 Å². The zero-order valence-electron chi connectivity index (χ0n) is 6.94. The fraction of sp³-hybridized carbons (Fsp3) is 0. The van der Waals surface area contributed by atoms with Crippen LogP contribution in [0.15, 0.2) is 31.1 Å². The van der Waals surface area contributed by atoms with Gasteiger partial charge in [-0.05, 0) is 0 Å². The maximum Gasteiger partial charge on any atom is 0.138 e. The quantitative estimate of drug-likeness (QED) is 0.806. The van der Waals surface area contributed by atoms with Gasteiger partial charge in [-0.25, -0.2) is 9.67 Å². The van der Waals surface area contributed by atoms with Crippen LogP contribution in [0.3, 0.4) is 0 Å². The third-order valence-corrected chi connectivity index (χ3v) is 1.39. The van der Waals surface area contributed by atoms with Gasteiger partial charge in [0.05, 0.1) is 18.1 Å². The molecule has 0 bridgehead atoms. The van der Waals surface area contributed by atoms with Gasteiger partial charge in [-0.3, -0.25) is 4.98 Å². The highest BCUT2D eigenvalue weighted by atomic mass is 35.5. The number of nitrogens with zero attached hydrogens (tertiary/aromatic N) is 4. The summed E-state index contributed by atoms with van der Waals surface area (Å²) < 4.78 is 1.52. The summed E-state index contributed by atoms with van der Waals surface area (Å²) in [5.74, 6) is 0.114. The predicted molar refractivity (Wildman–Crippen MR) is 55.3 cm³/mol. The summed E-state index contributed by atoms with van der Waals surface area (Å²) in [6, 6.07) is 1.56. The van der Waals surface area contributed by atoms with Crippen LogP contribution >= 0.6 is 24.8 Å². The molecular weight excluding hydrogens is 227 g/mol. The van der Waals surface area contributed by atoms with Crippen LogP contribution in [0.1, 0.15) is 0 Å². The molecule has 0 aliphatic heterocycles. The van der Waals surface area contributed by atoms with Crippen LogP contribution in [0.4, 0.5) is 0 Å². The topological polar surface area (TPSA) is 63.8 Å². The number of hydrogen-bond donors (Lipinski definition) is 1. The Morgan fingerprint density at radius 3 is 2.50 bits per heavy atom. The first-order valence-corrected chi connectivity index (χ1v) is 3.35. The molecule has 0 saturated heterocycles. The second kappa shape index (κ2) is 5.41. The highest BCUT2D eigenvalue weighted by Crippen LogP contribution is 2.10. The maximum atomic E-state index is 9.09. The molecule has 7 heteroatoms. The lowest BCUT2D eigenvalue weighted by Crippen LogP contribution is -1.94. The Hall–Kier alpha value is -1.33. The van der Waals surface area contributed by atoms with Crippen LogP contribution in [0, 0.1) is 0 Å². The third kappa shape index (κ3) is 2.58. The standard InChI is InChI=1S/C7H6N4O.2ClH/c12-7-1-6(2-8-3-7)11-5-9-4-10-11;;/h1-5,12H;2*1H. The van der Waals surface area contributed by atoms with E-state index in [2.05, 4.69) is 15.1 Å². The fourth-order valence-electron chi connectivity index (χ4n) is 0.883. The van der Waals surface area contributed by atoms with E-state index in [9.17, 15) is 0 Å². The summed E-state index contributed by atoms with van der Waals surface area (Å²) in [5, 5.41) is 13.0. The molecule has 2 heterocycles. The number of aromatic nitrogens is 4. The molecule has 0 radical (unpaired) electrons. The average Bonchev–Trinajstić information content (AvgIpc) is 2.56. The van der Waals surface area contributed by atoms with Crippen LogP contribution in [-0.4, -0.2) is 24.9 Å². The molecule has 0 saturated carbocycles. The Balaban J connectivity index is 0.000000845. The summed E-state index contributed by atoms with van der Waals surface area (Å²) in [6.07, 6.45) is 5.91. The van der Waals surface area contributed by atoms with Crippen LogP contribution in [0.2, 0.25) is 0 Å². The summed E-state index contributed by atoms with van der Waals surface area (Å²) in [6.45, 7) is 0. The lowest BCUT2D eigenvalue weighted by molar-refractivity contribution is 0.472. The number of hydrogen-bond acceptors (Lipinski definition) is 4. The minimum Gasteiger partial charge on any atom is -0.506 e. The smallest absolute Gasteiger partial charge is 0.138 e. The molecule has 2 rings (SSSR count). The van der Waals surface area contributed by atoms with Gasteiger partial charge < -0.3 is 5.11 Å². The van der Waals surface area contributed by atoms with E-state index in [0.717, 1.165) is 0 Å². The van der Waals surface area contributed by atoms with Crippen molar-refractivity contribution in [2.24, 2.45) is 0 Å². The zero-order valence-corrected chi connectivity index (χ0v) is 8.57. The normalized spacial score (nSPS) is 8.57.